The Hall–Kier alpha value is -1.84. The molecule has 1 aliphatic carbocycles. The van der Waals surface area contributed by atoms with E-state index in [0.29, 0.717) is 5.92 Å². The number of nitriles is 1. The van der Waals surface area contributed by atoms with Crippen LogP contribution < -0.4 is 5.32 Å². The average Bonchev–Trinajstić information content (AvgIpc) is 3.33. The first-order chi connectivity index (χ1) is 11.5. The van der Waals surface area contributed by atoms with Crippen LogP contribution in [0.5, 0.6) is 0 Å². The number of amides is 1. The normalized spacial score (nSPS) is 16.2. The highest BCUT2D eigenvalue weighted by molar-refractivity contribution is 8.01. The van der Waals surface area contributed by atoms with Gasteiger partial charge in [0, 0.05) is 10.9 Å². The van der Waals surface area contributed by atoms with Gasteiger partial charge in [0.2, 0.25) is 5.91 Å². The summed E-state index contributed by atoms with van der Waals surface area (Å²) in [5, 5.41) is 14.2. The van der Waals surface area contributed by atoms with E-state index in [0.717, 1.165) is 28.4 Å². The number of nitrogens with zero attached hydrogens (tertiary/aromatic N) is 2. The molecule has 4 nitrogen and oxygen atoms in total. The molecule has 124 valence electrons. The van der Waals surface area contributed by atoms with Crippen molar-refractivity contribution in [2.24, 2.45) is 5.92 Å². The van der Waals surface area contributed by atoms with E-state index in [1.165, 1.54) is 28.7 Å². The van der Waals surface area contributed by atoms with E-state index in [-0.39, 0.29) is 11.7 Å². The molecule has 1 fully saturated rings. The minimum absolute atomic E-state index is 0.108. The Labute approximate surface area is 150 Å². The molecule has 0 spiro atoms. The summed E-state index contributed by atoms with van der Waals surface area (Å²) in [6.45, 7) is 3.87. The number of benzene rings is 1. The van der Waals surface area contributed by atoms with E-state index in [1.54, 1.807) is 0 Å². The first-order valence-corrected chi connectivity index (χ1v) is 9.74. The zero-order valence-electron chi connectivity index (χ0n) is 13.7. The van der Waals surface area contributed by atoms with Crippen LogP contribution in [0, 0.1) is 24.2 Å². The zero-order valence-corrected chi connectivity index (χ0v) is 15.3. The Bertz CT molecular complexity index is 774. The highest BCUT2D eigenvalue weighted by Gasteiger charge is 2.42. The average molecular weight is 358 g/mol. The lowest BCUT2D eigenvalue weighted by Crippen LogP contribution is -2.47. The Morgan fingerprint density at radius 1 is 1.46 bits per heavy atom. The van der Waals surface area contributed by atoms with E-state index in [4.69, 9.17) is 0 Å². The largest absolute Gasteiger partial charge is 0.337 e. The van der Waals surface area contributed by atoms with Gasteiger partial charge >= 0.3 is 0 Å². The quantitative estimate of drug-likeness (QED) is 0.793. The summed E-state index contributed by atoms with van der Waals surface area (Å²) in [6.07, 6.45) is 2.04. The molecule has 2 aromatic rings. The predicted octanol–water partition coefficient (Wildman–Crippen LogP) is 4.02. The van der Waals surface area contributed by atoms with Crippen molar-refractivity contribution in [2.45, 2.75) is 36.6 Å². The maximum absolute atomic E-state index is 12.1. The van der Waals surface area contributed by atoms with E-state index in [1.807, 2.05) is 12.3 Å². The van der Waals surface area contributed by atoms with E-state index < -0.39 is 5.54 Å². The van der Waals surface area contributed by atoms with E-state index >= 15 is 0 Å². The van der Waals surface area contributed by atoms with Gasteiger partial charge in [-0.1, -0.05) is 41.6 Å². The number of thioether (sulfide) groups is 1. The molecular formula is C18H19N3OS2. The Morgan fingerprint density at radius 2 is 2.17 bits per heavy atom. The van der Waals surface area contributed by atoms with Crippen molar-refractivity contribution < 1.29 is 4.79 Å². The van der Waals surface area contributed by atoms with Crippen molar-refractivity contribution in [1.29, 1.82) is 5.26 Å². The molecule has 6 heteroatoms. The van der Waals surface area contributed by atoms with Crippen LogP contribution in [0.2, 0.25) is 0 Å². The fraction of sp³-hybridized carbons (Fsp3) is 0.389. The number of nitrogens with one attached hydrogen (secondary N) is 1. The zero-order chi connectivity index (χ0) is 17.2. The standard InChI is InChI=1S/C18H19N3OS2/c1-12-3-5-13(6-4-12)15-9-23-17(20-15)24-10-16(22)21-18(2,11-19)14-7-8-14/h3-6,9,14H,7-8,10H2,1-2H3,(H,21,22)/t18-/m1/s1. The van der Waals surface area contributed by atoms with Gasteiger partial charge < -0.3 is 5.32 Å². The number of carbonyl (C=O) groups excluding carboxylic acids is 1. The third-order valence-corrected chi connectivity index (χ3v) is 6.20. The summed E-state index contributed by atoms with van der Waals surface area (Å²) in [7, 11) is 0. The molecule has 0 unspecified atom stereocenters. The topological polar surface area (TPSA) is 65.8 Å². The van der Waals surface area contributed by atoms with Gasteiger partial charge in [-0.3, -0.25) is 4.79 Å². The monoisotopic (exact) mass is 357 g/mol. The Kier molecular flexibility index (Phi) is 4.93. The number of aromatic nitrogens is 1. The number of rotatable bonds is 6. The van der Waals surface area contributed by atoms with Crippen molar-refractivity contribution in [3.05, 3.63) is 35.2 Å². The van der Waals surface area contributed by atoms with Crippen LogP contribution in [0.15, 0.2) is 34.0 Å². The van der Waals surface area contributed by atoms with Gasteiger partial charge in [-0.05, 0) is 32.6 Å². The minimum atomic E-state index is -0.729. The van der Waals surface area contributed by atoms with Crippen molar-refractivity contribution >= 4 is 29.0 Å². The smallest absolute Gasteiger partial charge is 0.231 e. The number of aryl methyl sites for hydroxylation is 1. The molecule has 1 amide bonds. The first-order valence-electron chi connectivity index (χ1n) is 7.88. The Balaban J connectivity index is 1.56. The Morgan fingerprint density at radius 3 is 2.79 bits per heavy atom. The molecule has 24 heavy (non-hydrogen) atoms. The lowest BCUT2D eigenvalue weighted by molar-refractivity contribution is -0.119. The molecule has 1 saturated carbocycles. The van der Waals surface area contributed by atoms with E-state index in [9.17, 15) is 10.1 Å². The molecule has 1 heterocycles. The van der Waals surface area contributed by atoms with Gasteiger partial charge in [0.1, 0.15) is 5.54 Å². The van der Waals surface area contributed by atoms with Gasteiger partial charge in [-0.2, -0.15) is 5.26 Å². The highest BCUT2D eigenvalue weighted by Crippen LogP contribution is 2.39. The third-order valence-electron chi connectivity index (χ3n) is 4.18. The number of thiazole rings is 1. The van der Waals surface area contributed by atoms with Gasteiger partial charge in [0.05, 0.1) is 17.5 Å². The predicted molar refractivity (Wildman–Crippen MR) is 97.9 cm³/mol. The van der Waals surface area contributed by atoms with Crippen molar-refractivity contribution in [3.63, 3.8) is 0 Å². The molecule has 1 aromatic heterocycles. The summed E-state index contributed by atoms with van der Waals surface area (Å²) >= 11 is 2.96. The summed E-state index contributed by atoms with van der Waals surface area (Å²) in [5.41, 5.74) is 2.51. The summed E-state index contributed by atoms with van der Waals surface area (Å²) in [6, 6.07) is 10.5. The summed E-state index contributed by atoms with van der Waals surface area (Å²) < 4.78 is 0.866. The van der Waals surface area contributed by atoms with Crippen LogP contribution in [0.4, 0.5) is 0 Å². The second-order valence-electron chi connectivity index (χ2n) is 6.29. The second-order valence-corrected chi connectivity index (χ2v) is 8.37. The molecule has 1 aromatic carbocycles. The van der Waals surface area contributed by atoms with Gasteiger partial charge in [0.15, 0.2) is 4.34 Å². The molecular weight excluding hydrogens is 338 g/mol. The van der Waals surface area contributed by atoms with Crippen molar-refractivity contribution in [1.82, 2.24) is 10.3 Å². The molecule has 1 N–H and O–H groups in total. The van der Waals surface area contributed by atoms with Gasteiger partial charge in [-0.25, -0.2) is 4.98 Å². The lowest BCUT2D eigenvalue weighted by Gasteiger charge is -2.22. The molecule has 3 rings (SSSR count). The van der Waals surface area contributed by atoms with Crippen LogP contribution in [0.25, 0.3) is 11.3 Å². The molecule has 0 aliphatic heterocycles. The minimum Gasteiger partial charge on any atom is -0.337 e. The molecule has 0 saturated heterocycles. The van der Waals surface area contributed by atoms with Crippen LogP contribution in [-0.2, 0) is 4.79 Å². The van der Waals surface area contributed by atoms with Crippen LogP contribution in [0.3, 0.4) is 0 Å². The summed E-state index contributed by atoms with van der Waals surface area (Å²) in [5.74, 6) is 0.470. The third kappa shape index (κ3) is 3.97. The molecule has 0 bridgehead atoms. The number of hydrogen-bond donors (Lipinski definition) is 1. The molecule has 1 atom stereocenters. The van der Waals surface area contributed by atoms with Crippen molar-refractivity contribution in [3.8, 4) is 17.3 Å². The second kappa shape index (κ2) is 6.96. The fourth-order valence-corrected chi connectivity index (χ4v) is 4.15. The van der Waals surface area contributed by atoms with Gasteiger partial charge in [0.25, 0.3) is 0 Å². The van der Waals surface area contributed by atoms with E-state index in [2.05, 4.69) is 47.6 Å². The lowest BCUT2D eigenvalue weighted by atomic mass is 9.98. The highest BCUT2D eigenvalue weighted by atomic mass is 32.2. The maximum Gasteiger partial charge on any atom is 0.231 e. The SMILES string of the molecule is Cc1ccc(-c2csc(SCC(=O)N[C@](C)(C#N)C3CC3)n2)cc1. The number of carbonyl (C=O) groups is 1. The van der Waals surface area contributed by atoms with Crippen LogP contribution in [0.1, 0.15) is 25.3 Å². The maximum atomic E-state index is 12.1. The van der Waals surface area contributed by atoms with Gasteiger partial charge in [-0.15, -0.1) is 11.3 Å². The first kappa shape index (κ1) is 17.0. The fourth-order valence-electron chi connectivity index (χ4n) is 2.52. The van der Waals surface area contributed by atoms with Crippen LogP contribution in [-0.4, -0.2) is 22.2 Å². The van der Waals surface area contributed by atoms with Crippen LogP contribution >= 0.6 is 23.1 Å². The van der Waals surface area contributed by atoms with Crippen molar-refractivity contribution in [2.75, 3.05) is 5.75 Å². The molecule has 0 radical (unpaired) electrons. The molecule has 1 aliphatic rings. The number of hydrogen-bond acceptors (Lipinski definition) is 5. The summed E-state index contributed by atoms with van der Waals surface area (Å²) in [4.78, 5) is 16.7.